The van der Waals surface area contributed by atoms with Crippen LogP contribution in [0.15, 0.2) is 18.2 Å². The molecule has 122 valence electrons. The normalized spacial score (nSPS) is 22.4. The van der Waals surface area contributed by atoms with Gasteiger partial charge in [-0.05, 0) is 43.5 Å². The number of benzene rings is 1. The van der Waals surface area contributed by atoms with Crippen molar-refractivity contribution in [1.82, 2.24) is 5.32 Å². The molecule has 2 rings (SSSR count). The minimum absolute atomic E-state index is 0.125. The van der Waals surface area contributed by atoms with Crippen LogP contribution >= 0.6 is 0 Å². The van der Waals surface area contributed by atoms with Gasteiger partial charge < -0.3 is 11.1 Å². The molecule has 2 atom stereocenters. The summed E-state index contributed by atoms with van der Waals surface area (Å²) in [7, 11) is 0. The summed E-state index contributed by atoms with van der Waals surface area (Å²) in [5.74, 6) is -1.89. The zero-order valence-electron chi connectivity index (χ0n) is 11.9. The predicted octanol–water partition coefficient (Wildman–Crippen LogP) is 3.09. The maximum absolute atomic E-state index is 13.2. The second kappa shape index (κ2) is 6.64. The Balaban J connectivity index is 2.16. The van der Waals surface area contributed by atoms with Crippen molar-refractivity contribution in [2.45, 2.75) is 37.9 Å². The Kier molecular flexibility index (Phi) is 5.05. The van der Waals surface area contributed by atoms with E-state index in [9.17, 15) is 22.4 Å². The van der Waals surface area contributed by atoms with Gasteiger partial charge in [-0.3, -0.25) is 4.79 Å². The van der Waals surface area contributed by atoms with Crippen LogP contribution in [-0.4, -0.2) is 18.5 Å². The van der Waals surface area contributed by atoms with E-state index in [4.69, 9.17) is 5.73 Å². The fraction of sp³-hybridized carbons (Fsp3) is 0.533. The van der Waals surface area contributed by atoms with E-state index in [1.807, 2.05) is 0 Å². The van der Waals surface area contributed by atoms with Gasteiger partial charge in [0.05, 0.1) is 5.56 Å². The van der Waals surface area contributed by atoms with Crippen LogP contribution in [0.5, 0.6) is 0 Å². The summed E-state index contributed by atoms with van der Waals surface area (Å²) in [6.45, 7) is 0.419. The Labute approximate surface area is 125 Å². The highest BCUT2D eigenvalue weighted by atomic mass is 19.4. The molecule has 0 radical (unpaired) electrons. The van der Waals surface area contributed by atoms with Gasteiger partial charge in [0, 0.05) is 11.6 Å². The van der Waals surface area contributed by atoms with E-state index in [1.165, 1.54) is 0 Å². The summed E-state index contributed by atoms with van der Waals surface area (Å²) in [5.41, 5.74) is 4.03. The van der Waals surface area contributed by atoms with Crippen LogP contribution in [0.1, 0.15) is 41.6 Å². The van der Waals surface area contributed by atoms with E-state index in [-0.39, 0.29) is 17.5 Å². The van der Waals surface area contributed by atoms with Gasteiger partial charge in [-0.1, -0.05) is 12.8 Å². The van der Waals surface area contributed by atoms with Gasteiger partial charge in [0.25, 0.3) is 5.91 Å². The topological polar surface area (TPSA) is 55.1 Å². The predicted molar refractivity (Wildman–Crippen MR) is 73.7 cm³/mol. The SMILES string of the molecule is NCC1CCCCC1NC(=O)c1ccc(F)c(C(F)(F)F)c1. The molecule has 0 aromatic heterocycles. The van der Waals surface area contributed by atoms with Crippen LogP contribution < -0.4 is 11.1 Å². The molecule has 0 spiro atoms. The van der Waals surface area contributed by atoms with Crippen molar-refractivity contribution >= 4 is 5.91 Å². The molecule has 0 heterocycles. The molecule has 1 aromatic carbocycles. The third-order valence-corrected chi connectivity index (χ3v) is 4.06. The number of alkyl halides is 3. The van der Waals surface area contributed by atoms with Crippen LogP contribution in [-0.2, 0) is 6.18 Å². The zero-order valence-corrected chi connectivity index (χ0v) is 11.9. The lowest BCUT2D eigenvalue weighted by Gasteiger charge is -2.31. The van der Waals surface area contributed by atoms with Crippen LogP contribution in [0.25, 0.3) is 0 Å². The quantitative estimate of drug-likeness (QED) is 0.842. The molecule has 0 bridgehead atoms. The number of carbonyl (C=O) groups excluding carboxylic acids is 1. The number of nitrogens with one attached hydrogen (secondary N) is 1. The fourth-order valence-corrected chi connectivity index (χ4v) is 2.82. The molecular formula is C15H18F4N2O. The molecule has 1 aliphatic rings. The molecule has 7 heteroatoms. The molecule has 2 unspecified atom stereocenters. The molecule has 1 fully saturated rings. The summed E-state index contributed by atoms with van der Waals surface area (Å²) in [6, 6.07) is 2.12. The minimum Gasteiger partial charge on any atom is -0.349 e. The van der Waals surface area contributed by atoms with Gasteiger partial charge in [-0.2, -0.15) is 13.2 Å². The van der Waals surface area contributed by atoms with Crippen molar-refractivity contribution in [1.29, 1.82) is 0 Å². The highest BCUT2D eigenvalue weighted by molar-refractivity contribution is 5.94. The average molecular weight is 318 g/mol. The third kappa shape index (κ3) is 3.76. The molecule has 3 nitrogen and oxygen atoms in total. The minimum atomic E-state index is -4.83. The van der Waals surface area contributed by atoms with Crippen molar-refractivity contribution in [2.75, 3.05) is 6.54 Å². The lowest BCUT2D eigenvalue weighted by atomic mass is 9.84. The number of halogens is 4. The van der Waals surface area contributed by atoms with Crippen molar-refractivity contribution in [3.05, 3.63) is 35.1 Å². The van der Waals surface area contributed by atoms with E-state index in [0.29, 0.717) is 18.7 Å². The van der Waals surface area contributed by atoms with Gasteiger partial charge in [0.1, 0.15) is 5.82 Å². The Hall–Kier alpha value is -1.63. The molecule has 22 heavy (non-hydrogen) atoms. The highest BCUT2D eigenvalue weighted by Crippen LogP contribution is 2.32. The fourth-order valence-electron chi connectivity index (χ4n) is 2.82. The molecule has 1 aromatic rings. The maximum atomic E-state index is 13.2. The lowest BCUT2D eigenvalue weighted by Crippen LogP contribution is -2.44. The van der Waals surface area contributed by atoms with Crippen molar-refractivity contribution in [3.8, 4) is 0 Å². The summed E-state index contributed by atoms with van der Waals surface area (Å²) < 4.78 is 51.3. The number of carbonyl (C=O) groups is 1. The Morgan fingerprint density at radius 2 is 1.95 bits per heavy atom. The van der Waals surface area contributed by atoms with Gasteiger partial charge in [-0.25, -0.2) is 4.39 Å². The first kappa shape index (κ1) is 16.7. The highest BCUT2D eigenvalue weighted by Gasteiger charge is 2.35. The van der Waals surface area contributed by atoms with Gasteiger partial charge in [0.2, 0.25) is 0 Å². The molecular weight excluding hydrogens is 300 g/mol. The molecule has 0 saturated heterocycles. The zero-order chi connectivity index (χ0) is 16.3. The molecule has 1 aliphatic carbocycles. The van der Waals surface area contributed by atoms with Crippen molar-refractivity contribution in [2.24, 2.45) is 11.7 Å². The summed E-state index contributed by atoms with van der Waals surface area (Å²) >= 11 is 0. The first-order valence-corrected chi connectivity index (χ1v) is 7.20. The monoisotopic (exact) mass is 318 g/mol. The van der Waals surface area contributed by atoms with Crippen LogP contribution in [0.3, 0.4) is 0 Å². The number of hydrogen-bond donors (Lipinski definition) is 2. The second-order valence-electron chi connectivity index (χ2n) is 5.55. The third-order valence-electron chi connectivity index (χ3n) is 4.06. The molecule has 1 amide bonds. The van der Waals surface area contributed by atoms with E-state index < -0.39 is 23.5 Å². The van der Waals surface area contributed by atoms with E-state index >= 15 is 0 Å². The first-order valence-electron chi connectivity index (χ1n) is 7.20. The van der Waals surface area contributed by atoms with E-state index in [2.05, 4.69) is 5.32 Å². The smallest absolute Gasteiger partial charge is 0.349 e. The summed E-state index contributed by atoms with van der Waals surface area (Å²) in [6.07, 6.45) is -1.22. The Bertz CT molecular complexity index is 545. The van der Waals surface area contributed by atoms with Crippen molar-refractivity contribution in [3.63, 3.8) is 0 Å². The van der Waals surface area contributed by atoms with Gasteiger partial charge in [-0.15, -0.1) is 0 Å². The standard InChI is InChI=1S/C15H18F4N2O/c16-12-6-5-9(7-11(12)15(17,18)19)14(22)21-13-4-2-1-3-10(13)8-20/h5-7,10,13H,1-4,8,20H2,(H,21,22). The number of nitrogens with two attached hydrogens (primary N) is 1. The van der Waals surface area contributed by atoms with Crippen molar-refractivity contribution < 1.29 is 22.4 Å². The summed E-state index contributed by atoms with van der Waals surface area (Å²) in [4.78, 5) is 12.1. The van der Waals surface area contributed by atoms with Crippen LogP contribution in [0.2, 0.25) is 0 Å². The number of hydrogen-bond acceptors (Lipinski definition) is 2. The van der Waals surface area contributed by atoms with Crippen LogP contribution in [0.4, 0.5) is 17.6 Å². The van der Waals surface area contributed by atoms with Crippen LogP contribution in [0, 0.1) is 11.7 Å². The maximum Gasteiger partial charge on any atom is 0.419 e. The number of rotatable bonds is 3. The second-order valence-corrected chi connectivity index (χ2v) is 5.55. The first-order chi connectivity index (χ1) is 10.3. The van der Waals surface area contributed by atoms with Gasteiger partial charge in [0.15, 0.2) is 0 Å². The summed E-state index contributed by atoms with van der Waals surface area (Å²) in [5, 5.41) is 2.73. The van der Waals surface area contributed by atoms with E-state index in [0.717, 1.165) is 31.7 Å². The number of amides is 1. The molecule has 3 N–H and O–H groups in total. The largest absolute Gasteiger partial charge is 0.419 e. The lowest BCUT2D eigenvalue weighted by molar-refractivity contribution is -0.140. The van der Waals surface area contributed by atoms with Gasteiger partial charge >= 0.3 is 6.18 Å². The average Bonchev–Trinajstić information content (AvgIpc) is 2.47. The Morgan fingerprint density at radius 3 is 2.59 bits per heavy atom. The molecule has 0 aliphatic heterocycles. The molecule has 1 saturated carbocycles. The van der Waals surface area contributed by atoms with E-state index in [1.54, 1.807) is 0 Å². The Morgan fingerprint density at radius 1 is 1.27 bits per heavy atom.